The summed E-state index contributed by atoms with van der Waals surface area (Å²) in [6.07, 6.45) is 6.76. The van der Waals surface area contributed by atoms with Gasteiger partial charge in [0.25, 0.3) is 10.1 Å². The topological polar surface area (TPSA) is 153 Å². The molecule has 0 bridgehead atoms. The minimum absolute atomic E-state index is 0.0972. The van der Waals surface area contributed by atoms with Gasteiger partial charge in [-0.2, -0.15) is 8.42 Å². The van der Waals surface area contributed by atoms with Gasteiger partial charge in [-0.1, -0.05) is 53.4 Å². The molecule has 192 valence electrons. The molecule has 10 heteroatoms. The Labute approximate surface area is 194 Å². The Morgan fingerprint density at radius 2 is 1.31 bits per heavy atom. The number of hydrogen-bond acceptors (Lipinski definition) is 8. The van der Waals surface area contributed by atoms with Gasteiger partial charge < -0.3 is 20.3 Å². The van der Waals surface area contributed by atoms with E-state index in [4.69, 9.17) is 20.3 Å². The molecule has 0 fully saturated rings. The van der Waals surface area contributed by atoms with E-state index in [1.807, 2.05) is 13.8 Å². The number of esters is 2. The molecule has 0 amide bonds. The minimum atomic E-state index is -4.78. The third kappa shape index (κ3) is 17.3. The quantitative estimate of drug-likeness (QED) is 0.160. The van der Waals surface area contributed by atoms with E-state index >= 15 is 0 Å². The fraction of sp³-hybridized carbons (Fsp3) is 0.909. The molecule has 32 heavy (non-hydrogen) atoms. The molecule has 0 radical (unpaired) electrons. The van der Waals surface area contributed by atoms with Crippen molar-refractivity contribution >= 4 is 22.1 Å². The average molecular weight is 484 g/mol. The summed E-state index contributed by atoms with van der Waals surface area (Å²) in [5, 5.41) is 5.80. The minimum Gasteiger partial charge on any atom is -0.462 e. The van der Waals surface area contributed by atoms with Crippen LogP contribution in [0.2, 0.25) is 0 Å². The van der Waals surface area contributed by atoms with E-state index < -0.39 is 39.8 Å². The lowest BCUT2D eigenvalue weighted by atomic mass is 10.1. The number of carbonyl (C=O) groups is 2. The van der Waals surface area contributed by atoms with Crippen LogP contribution in [0.15, 0.2) is 0 Å². The van der Waals surface area contributed by atoms with Gasteiger partial charge in [0.2, 0.25) is 0 Å². The fourth-order valence-electron chi connectivity index (χ4n) is 2.87. The Kier molecular flexibility index (Phi) is 21.0. The van der Waals surface area contributed by atoms with Gasteiger partial charge in [0.05, 0.1) is 13.0 Å². The van der Waals surface area contributed by atoms with E-state index in [2.05, 4.69) is 13.8 Å². The number of rotatable bonds is 17. The summed E-state index contributed by atoms with van der Waals surface area (Å²) in [6, 6.07) is 0. The molecular formula is C22H45NO8S. The Bertz CT molecular complexity index is 580. The number of hydrogen-bond donors (Lipinski definition) is 3. The molecule has 0 aromatic rings. The van der Waals surface area contributed by atoms with Crippen molar-refractivity contribution in [1.29, 1.82) is 0 Å². The average Bonchev–Trinajstić information content (AvgIpc) is 2.75. The zero-order chi connectivity index (χ0) is 25.0. The first-order valence-electron chi connectivity index (χ1n) is 11.8. The summed E-state index contributed by atoms with van der Waals surface area (Å²) in [6.45, 7) is 8.31. The summed E-state index contributed by atoms with van der Waals surface area (Å²) >= 11 is 0. The number of nitrogens with two attached hydrogens (primary N) is 1. The summed E-state index contributed by atoms with van der Waals surface area (Å²) in [5.41, 5.74) is 4.78. The van der Waals surface area contributed by atoms with Crippen LogP contribution in [0.3, 0.4) is 0 Å². The van der Waals surface area contributed by atoms with Crippen molar-refractivity contribution in [1.82, 2.24) is 0 Å². The van der Waals surface area contributed by atoms with Crippen LogP contribution in [0.4, 0.5) is 0 Å². The lowest BCUT2D eigenvalue weighted by Crippen LogP contribution is -2.37. The number of unbranched alkanes of at least 4 members (excludes halogenated alkanes) is 4. The van der Waals surface area contributed by atoms with Gasteiger partial charge in [-0.05, 0) is 38.5 Å². The highest BCUT2D eigenvalue weighted by molar-refractivity contribution is 7.87. The molecule has 0 heterocycles. The van der Waals surface area contributed by atoms with Crippen LogP contribution >= 0.6 is 0 Å². The Balaban J connectivity index is 0. The molecule has 4 N–H and O–H groups in total. The van der Waals surface area contributed by atoms with Crippen molar-refractivity contribution in [3.63, 3.8) is 0 Å². The monoisotopic (exact) mass is 483 g/mol. The Morgan fingerprint density at radius 3 is 1.66 bits per heavy atom. The van der Waals surface area contributed by atoms with Crippen molar-refractivity contribution in [2.24, 2.45) is 5.73 Å². The molecular weight excluding hydrogens is 438 g/mol. The maximum atomic E-state index is 12.3. The van der Waals surface area contributed by atoms with Crippen molar-refractivity contribution in [3.05, 3.63) is 0 Å². The van der Waals surface area contributed by atoms with E-state index in [-0.39, 0.29) is 12.7 Å². The van der Waals surface area contributed by atoms with Gasteiger partial charge in [-0.25, -0.2) is 0 Å². The summed E-state index contributed by atoms with van der Waals surface area (Å²) in [7, 11) is -4.78. The van der Waals surface area contributed by atoms with Crippen LogP contribution in [0.1, 0.15) is 98.3 Å². The van der Waals surface area contributed by atoms with Crippen molar-refractivity contribution in [3.8, 4) is 0 Å². The predicted octanol–water partition coefficient (Wildman–Crippen LogP) is 3.37. The first-order valence-corrected chi connectivity index (χ1v) is 13.3. The molecule has 3 unspecified atom stereocenters. The molecule has 0 saturated carbocycles. The summed E-state index contributed by atoms with van der Waals surface area (Å²) in [4.78, 5) is 24.5. The molecule has 0 aliphatic heterocycles. The molecule has 9 nitrogen and oxygen atoms in total. The van der Waals surface area contributed by atoms with Crippen molar-refractivity contribution in [2.45, 2.75) is 116 Å². The molecule has 0 spiro atoms. The third-order valence-corrected chi connectivity index (χ3v) is 5.93. The second kappa shape index (κ2) is 20.4. The fourth-order valence-corrected chi connectivity index (χ4v) is 3.52. The van der Waals surface area contributed by atoms with Gasteiger partial charge in [0, 0.05) is 6.54 Å². The highest BCUT2D eigenvalue weighted by atomic mass is 32.2. The predicted molar refractivity (Wildman–Crippen MR) is 125 cm³/mol. The number of ether oxygens (including phenoxy) is 2. The molecule has 3 atom stereocenters. The van der Waals surface area contributed by atoms with E-state index in [0.717, 1.165) is 38.5 Å². The van der Waals surface area contributed by atoms with Gasteiger partial charge in [0.1, 0.15) is 12.2 Å². The van der Waals surface area contributed by atoms with Gasteiger partial charge in [-0.15, -0.1) is 0 Å². The molecule has 0 aromatic carbocycles. The molecule has 0 saturated heterocycles. The molecule has 0 aliphatic carbocycles. The largest absolute Gasteiger partial charge is 0.462 e. The van der Waals surface area contributed by atoms with Crippen LogP contribution in [-0.2, 0) is 29.2 Å². The van der Waals surface area contributed by atoms with Crippen LogP contribution in [0.25, 0.3) is 0 Å². The first-order chi connectivity index (χ1) is 15.1. The number of aliphatic hydroxyl groups is 1. The van der Waals surface area contributed by atoms with Crippen LogP contribution in [0, 0.1) is 0 Å². The molecule has 0 aromatic heterocycles. The number of aliphatic hydroxyl groups excluding tert-OH is 1. The van der Waals surface area contributed by atoms with Gasteiger partial charge >= 0.3 is 11.9 Å². The lowest BCUT2D eigenvalue weighted by molar-refractivity contribution is -0.156. The highest BCUT2D eigenvalue weighted by Crippen LogP contribution is 2.17. The van der Waals surface area contributed by atoms with Crippen molar-refractivity contribution in [2.75, 3.05) is 13.2 Å². The lowest BCUT2D eigenvalue weighted by Gasteiger charge is -2.21. The van der Waals surface area contributed by atoms with E-state index in [1.165, 1.54) is 0 Å². The van der Waals surface area contributed by atoms with Crippen LogP contribution < -0.4 is 5.73 Å². The van der Waals surface area contributed by atoms with Gasteiger partial charge in [-0.3, -0.25) is 14.1 Å². The Hall–Kier alpha value is -1.23. The van der Waals surface area contributed by atoms with Crippen LogP contribution in [-0.4, -0.2) is 60.6 Å². The third-order valence-electron chi connectivity index (χ3n) is 4.85. The van der Waals surface area contributed by atoms with Crippen LogP contribution in [0.5, 0.6) is 0 Å². The maximum Gasteiger partial charge on any atom is 0.327 e. The Morgan fingerprint density at radius 1 is 0.875 bits per heavy atom. The highest BCUT2D eigenvalue weighted by Gasteiger charge is 2.37. The number of carbonyl (C=O) groups excluding carboxylic acids is 2. The van der Waals surface area contributed by atoms with Gasteiger partial charge in [0.15, 0.2) is 5.25 Å². The second-order valence-electron chi connectivity index (χ2n) is 7.70. The SMILES string of the molecule is CCCCCC(CC)OC(=O)CC(C(=O)OC(CC)CCCCC)S(=O)(=O)O.NCCO. The molecule has 0 rings (SSSR count). The normalized spacial score (nSPS) is 14.0. The summed E-state index contributed by atoms with van der Waals surface area (Å²) in [5.74, 6) is -1.91. The van der Waals surface area contributed by atoms with E-state index in [0.29, 0.717) is 32.2 Å². The van der Waals surface area contributed by atoms with Crippen molar-refractivity contribution < 1.29 is 37.1 Å². The van der Waals surface area contributed by atoms with E-state index in [1.54, 1.807) is 0 Å². The molecule has 0 aliphatic rings. The van der Waals surface area contributed by atoms with E-state index in [9.17, 15) is 22.6 Å². The summed E-state index contributed by atoms with van der Waals surface area (Å²) < 4.78 is 43.3. The maximum absolute atomic E-state index is 12.3. The first kappa shape index (κ1) is 32.9. The standard InChI is InChI=1S/C20H38O7S.C2H7NO/c1-5-9-11-13-16(7-3)26-19(21)15-18(28(23,24)25)20(22)27-17(8-4)14-12-10-6-2;3-1-2-4/h16-18H,5-15H2,1-4H3,(H,23,24,25);4H,1-3H2. The zero-order valence-corrected chi connectivity index (χ0v) is 21.1. The zero-order valence-electron chi connectivity index (χ0n) is 20.3. The second-order valence-corrected chi connectivity index (χ2v) is 9.30. The smallest absolute Gasteiger partial charge is 0.327 e.